The van der Waals surface area contributed by atoms with E-state index < -0.39 is 0 Å². The van der Waals surface area contributed by atoms with E-state index in [-0.39, 0.29) is 24.3 Å². The molecule has 0 aliphatic rings. The maximum atomic E-state index is 12.6. The molecule has 0 radical (unpaired) electrons. The SMILES string of the molecule is Cc1nc2ccc(N)cc2n1C(=O)Cn1ncc(NC(=O)N(C)C)n1. The number of fused-ring (bicyclic) bond motifs is 1. The van der Waals surface area contributed by atoms with Gasteiger partial charge in [-0.15, -0.1) is 5.10 Å². The van der Waals surface area contributed by atoms with Gasteiger partial charge in [-0.1, -0.05) is 0 Å². The van der Waals surface area contributed by atoms with Gasteiger partial charge in [0.25, 0.3) is 5.91 Å². The van der Waals surface area contributed by atoms with Crippen molar-refractivity contribution in [1.29, 1.82) is 0 Å². The Hall–Kier alpha value is -3.43. The zero-order valence-corrected chi connectivity index (χ0v) is 14.1. The molecule has 0 saturated heterocycles. The number of anilines is 2. The van der Waals surface area contributed by atoms with Crippen molar-refractivity contribution in [2.45, 2.75) is 13.5 Å². The van der Waals surface area contributed by atoms with Crippen LogP contribution >= 0.6 is 0 Å². The number of benzene rings is 1. The quantitative estimate of drug-likeness (QED) is 0.683. The molecular weight excluding hydrogens is 324 g/mol. The van der Waals surface area contributed by atoms with Crippen molar-refractivity contribution >= 4 is 34.5 Å². The van der Waals surface area contributed by atoms with Crippen LogP contribution in [0, 0.1) is 6.92 Å². The van der Waals surface area contributed by atoms with Crippen LogP contribution in [0.5, 0.6) is 0 Å². The molecule has 3 rings (SSSR count). The van der Waals surface area contributed by atoms with E-state index in [1.807, 2.05) is 0 Å². The minimum absolute atomic E-state index is 0.0983. The van der Waals surface area contributed by atoms with Gasteiger partial charge < -0.3 is 10.6 Å². The first kappa shape index (κ1) is 16.4. The maximum Gasteiger partial charge on any atom is 0.322 e. The average Bonchev–Trinajstić information content (AvgIpc) is 3.10. The fraction of sp³-hybridized carbons (Fsp3) is 0.267. The number of aromatic nitrogens is 5. The van der Waals surface area contributed by atoms with Gasteiger partial charge in [-0.2, -0.15) is 9.90 Å². The number of rotatable bonds is 3. The summed E-state index contributed by atoms with van der Waals surface area (Å²) in [6.45, 7) is 1.65. The Morgan fingerprint density at radius 2 is 2.08 bits per heavy atom. The largest absolute Gasteiger partial charge is 0.399 e. The van der Waals surface area contributed by atoms with Crippen LogP contribution in [0.3, 0.4) is 0 Å². The monoisotopic (exact) mass is 342 g/mol. The summed E-state index contributed by atoms with van der Waals surface area (Å²) in [5.41, 5.74) is 7.67. The van der Waals surface area contributed by atoms with Gasteiger partial charge in [0, 0.05) is 19.8 Å². The zero-order valence-electron chi connectivity index (χ0n) is 14.1. The second-order valence-electron chi connectivity index (χ2n) is 5.72. The number of nitrogens with one attached hydrogen (secondary N) is 1. The van der Waals surface area contributed by atoms with Gasteiger partial charge in [0.1, 0.15) is 12.4 Å². The van der Waals surface area contributed by atoms with E-state index in [1.54, 1.807) is 39.2 Å². The first-order valence-corrected chi connectivity index (χ1v) is 7.51. The van der Waals surface area contributed by atoms with E-state index in [0.29, 0.717) is 22.5 Å². The molecule has 0 unspecified atom stereocenters. The highest BCUT2D eigenvalue weighted by Gasteiger charge is 2.16. The van der Waals surface area contributed by atoms with E-state index in [1.165, 1.54) is 20.5 Å². The molecule has 0 fully saturated rings. The minimum Gasteiger partial charge on any atom is -0.399 e. The number of imidazole rings is 1. The molecule has 3 aromatic rings. The van der Waals surface area contributed by atoms with Gasteiger partial charge in [-0.25, -0.2) is 9.78 Å². The van der Waals surface area contributed by atoms with Crippen LogP contribution in [0.15, 0.2) is 24.4 Å². The Kier molecular flexibility index (Phi) is 4.09. The van der Waals surface area contributed by atoms with Gasteiger partial charge in [-0.05, 0) is 25.1 Å². The van der Waals surface area contributed by atoms with E-state index in [4.69, 9.17) is 5.73 Å². The lowest BCUT2D eigenvalue weighted by Crippen LogP contribution is -2.27. The summed E-state index contributed by atoms with van der Waals surface area (Å²) >= 11 is 0. The van der Waals surface area contributed by atoms with Crippen molar-refractivity contribution in [2.75, 3.05) is 25.1 Å². The number of carbonyl (C=O) groups is 2. The number of carbonyl (C=O) groups excluding carboxylic acids is 2. The van der Waals surface area contributed by atoms with Crippen molar-refractivity contribution in [3.63, 3.8) is 0 Å². The molecule has 1 aromatic carbocycles. The Labute approximate surface area is 143 Å². The van der Waals surface area contributed by atoms with Crippen LogP contribution in [0.25, 0.3) is 11.0 Å². The van der Waals surface area contributed by atoms with Crippen LogP contribution in [-0.4, -0.2) is 55.5 Å². The fourth-order valence-corrected chi connectivity index (χ4v) is 2.37. The first-order valence-electron chi connectivity index (χ1n) is 7.51. The summed E-state index contributed by atoms with van der Waals surface area (Å²) in [6.07, 6.45) is 1.38. The van der Waals surface area contributed by atoms with Gasteiger partial charge >= 0.3 is 6.03 Å². The molecule has 2 heterocycles. The number of nitrogens with two attached hydrogens (primary N) is 1. The summed E-state index contributed by atoms with van der Waals surface area (Å²) < 4.78 is 1.48. The normalized spacial score (nSPS) is 10.8. The number of urea groups is 1. The Morgan fingerprint density at radius 3 is 2.80 bits per heavy atom. The summed E-state index contributed by atoms with van der Waals surface area (Å²) in [4.78, 5) is 31.2. The van der Waals surface area contributed by atoms with Crippen LogP contribution in [0.2, 0.25) is 0 Å². The molecule has 10 heteroatoms. The van der Waals surface area contributed by atoms with Crippen molar-refractivity contribution < 1.29 is 9.59 Å². The van der Waals surface area contributed by atoms with E-state index in [0.717, 1.165) is 0 Å². The molecule has 2 aromatic heterocycles. The summed E-state index contributed by atoms with van der Waals surface area (Å²) in [5.74, 6) is 0.563. The molecule has 0 atom stereocenters. The predicted molar refractivity (Wildman–Crippen MR) is 92.2 cm³/mol. The molecule has 0 saturated carbocycles. The van der Waals surface area contributed by atoms with Crippen LogP contribution in [0.1, 0.15) is 10.6 Å². The average molecular weight is 342 g/mol. The molecule has 0 spiro atoms. The van der Waals surface area contributed by atoms with Gasteiger partial charge in [0.15, 0.2) is 5.82 Å². The number of hydrogen-bond donors (Lipinski definition) is 2. The maximum absolute atomic E-state index is 12.6. The molecule has 0 bridgehead atoms. The standard InChI is InChI=1S/C15H18N8O2/c1-9-18-11-5-4-10(16)6-12(11)23(9)14(24)8-22-17-7-13(20-22)19-15(25)21(2)3/h4-7H,8,16H2,1-3H3,(H,19,20,25). The first-order chi connectivity index (χ1) is 11.8. The summed E-state index contributed by atoms with van der Waals surface area (Å²) in [6, 6.07) is 4.87. The molecule has 130 valence electrons. The second kappa shape index (κ2) is 6.23. The summed E-state index contributed by atoms with van der Waals surface area (Å²) in [7, 11) is 3.23. The van der Waals surface area contributed by atoms with E-state index in [9.17, 15) is 9.59 Å². The zero-order chi connectivity index (χ0) is 18.1. The van der Waals surface area contributed by atoms with Gasteiger partial charge in [0.05, 0.1) is 17.2 Å². The fourth-order valence-electron chi connectivity index (χ4n) is 2.37. The number of nitrogen functional groups attached to an aromatic ring is 1. The van der Waals surface area contributed by atoms with E-state index >= 15 is 0 Å². The number of amides is 2. The Morgan fingerprint density at radius 1 is 1.32 bits per heavy atom. The molecule has 10 nitrogen and oxygen atoms in total. The number of hydrogen-bond acceptors (Lipinski definition) is 6. The third kappa shape index (κ3) is 3.27. The molecule has 25 heavy (non-hydrogen) atoms. The molecular formula is C15H18N8O2. The molecule has 0 aliphatic heterocycles. The smallest absolute Gasteiger partial charge is 0.322 e. The minimum atomic E-state index is -0.328. The number of aryl methyl sites for hydroxylation is 1. The summed E-state index contributed by atoms with van der Waals surface area (Å²) in [5, 5.41) is 10.6. The van der Waals surface area contributed by atoms with Gasteiger partial charge in [-0.3, -0.25) is 14.7 Å². The molecule has 2 amide bonds. The van der Waals surface area contributed by atoms with Gasteiger partial charge in [0.2, 0.25) is 0 Å². The lowest BCUT2D eigenvalue weighted by Gasteiger charge is -2.09. The van der Waals surface area contributed by atoms with Crippen molar-refractivity contribution in [1.82, 2.24) is 29.4 Å². The van der Waals surface area contributed by atoms with Crippen molar-refractivity contribution in [3.05, 3.63) is 30.2 Å². The third-order valence-electron chi connectivity index (χ3n) is 3.55. The highest BCUT2D eigenvalue weighted by Crippen LogP contribution is 2.19. The predicted octanol–water partition coefficient (Wildman–Crippen LogP) is 0.952. The van der Waals surface area contributed by atoms with Crippen LogP contribution < -0.4 is 11.1 Å². The molecule has 0 aliphatic carbocycles. The second-order valence-corrected chi connectivity index (χ2v) is 5.72. The van der Waals surface area contributed by atoms with Crippen molar-refractivity contribution in [3.8, 4) is 0 Å². The highest BCUT2D eigenvalue weighted by molar-refractivity contribution is 5.92. The highest BCUT2D eigenvalue weighted by atomic mass is 16.2. The van der Waals surface area contributed by atoms with Crippen LogP contribution in [-0.2, 0) is 6.54 Å². The third-order valence-corrected chi connectivity index (χ3v) is 3.55. The lowest BCUT2D eigenvalue weighted by atomic mass is 10.3. The van der Waals surface area contributed by atoms with E-state index in [2.05, 4.69) is 20.5 Å². The Bertz CT molecular complexity index is 956. The lowest BCUT2D eigenvalue weighted by molar-refractivity contribution is 0.0883. The van der Waals surface area contributed by atoms with Crippen LogP contribution in [0.4, 0.5) is 16.3 Å². The van der Waals surface area contributed by atoms with Crippen molar-refractivity contribution in [2.24, 2.45) is 0 Å². The Balaban J connectivity index is 1.81. The molecule has 3 N–H and O–H groups in total. The number of nitrogens with zero attached hydrogens (tertiary/aromatic N) is 6. The topological polar surface area (TPSA) is 124 Å².